The first-order valence-corrected chi connectivity index (χ1v) is 15.9. The van der Waals surface area contributed by atoms with Gasteiger partial charge >= 0.3 is 6.03 Å². The third kappa shape index (κ3) is 7.11. The van der Waals surface area contributed by atoms with E-state index in [1.165, 1.54) is 11.3 Å². The molecule has 0 aliphatic carbocycles. The van der Waals surface area contributed by atoms with Crippen LogP contribution in [0.1, 0.15) is 53.5 Å². The van der Waals surface area contributed by atoms with Gasteiger partial charge in [-0.05, 0) is 63.2 Å². The number of benzene rings is 2. The van der Waals surface area contributed by atoms with Crippen molar-refractivity contribution in [2.75, 3.05) is 39.1 Å². The van der Waals surface area contributed by atoms with Crippen LogP contribution in [0.3, 0.4) is 0 Å². The molecule has 2 aromatic carbocycles. The predicted molar refractivity (Wildman–Crippen MR) is 173 cm³/mol. The Morgan fingerprint density at radius 3 is 2.64 bits per heavy atom. The number of carbonyl (C=O) groups excluding carboxylic acids is 3. The van der Waals surface area contributed by atoms with Crippen LogP contribution in [-0.4, -0.2) is 77.3 Å². The molecular weight excluding hydrogens is 576 g/mol. The quantitative estimate of drug-likeness (QED) is 0.192. The summed E-state index contributed by atoms with van der Waals surface area (Å²) in [6.45, 7) is 5.83. The van der Waals surface area contributed by atoms with Gasteiger partial charge in [-0.25, -0.2) is 9.78 Å². The number of ether oxygens (including phenoxy) is 1. The van der Waals surface area contributed by atoms with E-state index in [9.17, 15) is 14.4 Å². The smallest absolute Gasteiger partial charge is 0.318 e. The number of aromatic nitrogens is 2. The maximum atomic E-state index is 14.1. The Bertz CT molecular complexity index is 1590. The molecule has 0 bridgehead atoms. The summed E-state index contributed by atoms with van der Waals surface area (Å²) >= 11 is 1.34. The van der Waals surface area contributed by atoms with Crippen molar-refractivity contribution < 1.29 is 19.1 Å². The number of hydrogen-bond donors (Lipinski definition) is 3. The average Bonchev–Trinajstić information content (AvgIpc) is 3.71. The highest BCUT2D eigenvalue weighted by atomic mass is 32.1. The number of ketones is 1. The number of anilines is 1. The summed E-state index contributed by atoms with van der Waals surface area (Å²) in [4.78, 5) is 51.8. The Morgan fingerprint density at radius 2 is 1.93 bits per heavy atom. The van der Waals surface area contributed by atoms with Crippen LogP contribution in [0.15, 0.2) is 60.2 Å². The number of likely N-dealkylation sites (tertiary alicyclic amines) is 1. The van der Waals surface area contributed by atoms with Crippen molar-refractivity contribution in [2.24, 2.45) is 5.92 Å². The molecule has 5 rings (SSSR count). The summed E-state index contributed by atoms with van der Waals surface area (Å²) < 4.78 is 5.84. The van der Waals surface area contributed by atoms with Crippen molar-refractivity contribution in [3.63, 3.8) is 0 Å². The van der Waals surface area contributed by atoms with E-state index >= 15 is 0 Å². The second-order valence-electron chi connectivity index (χ2n) is 11.5. The third-order valence-electron chi connectivity index (χ3n) is 8.07. The molecule has 2 atom stereocenters. The van der Waals surface area contributed by atoms with Gasteiger partial charge in [0.1, 0.15) is 11.8 Å². The zero-order valence-electron chi connectivity index (χ0n) is 25.6. The number of hydrogen-bond acceptors (Lipinski definition) is 7. The molecule has 10 nitrogen and oxygen atoms in total. The van der Waals surface area contributed by atoms with Gasteiger partial charge in [-0.1, -0.05) is 31.2 Å². The zero-order chi connectivity index (χ0) is 31.2. The van der Waals surface area contributed by atoms with E-state index in [2.05, 4.69) is 25.5 Å². The maximum absolute atomic E-state index is 14.1. The lowest BCUT2D eigenvalue weighted by atomic mass is 9.91. The molecule has 0 saturated carbocycles. The van der Waals surface area contributed by atoms with E-state index in [1.807, 2.05) is 76.6 Å². The second-order valence-corrected chi connectivity index (χ2v) is 12.4. The highest BCUT2D eigenvalue weighted by molar-refractivity contribution is 7.11. The summed E-state index contributed by atoms with van der Waals surface area (Å²) in [6, 6.07) is 12.5. The Hall–Kier alpha value is -4.22. The molecule has 1 aliphatic heterocycles. The number of urea groups is 1. The van der Waals surface area contributed by atoms with Crippen LogP contribution < -0.4 is 15.4 Å². The normalized spacial score (nSPS) is 15.2. The van der Waals surface area contributed by atoms with Gasteiger partial charge < -0.3 is 30.2 Å². The fourth-order valence-corrected chi connectivity index (χ4v) is 6.44. The number of thiazole rings is 1. The molecule has 44 heavy (non-hydrogen) atoms. The summed E-state index contributed by atoms with van der Waals surface area (Å²) in [5.41, 5.74) is 3.47. The van der Waals surface area contributed by atoms with E-state index in [0.29, 0.717) is 55.5 Å². The minimum absolute atomic E-state index is 0.0341. The molecular formula is C33H40N6O4S. The van der Waals surface area contributed by atoms with Gasteiger partial charge in [-0.15, -0.1) is 11.3 Å². The van der Waals surface area contributed by atoms with Gasteiger partial charge in [0, 0.05) is 60.1 Å². The average molecular weight is 617 g/mol. The maximum Gasteiger partial charge on any atom is 0.318 e. The number of amides is 3. The van der Waals surface area contributed by atoms with Crippen molar-refractivity contribution in [3.05, 3.63) is 76.4 Å². The van der Waals surface area contributed by atoms with Crippen molar-refractivity contribution in [2.45, 2.75) is 45.2 Å². The summed E-state index contributed by atoms with van der Waals surface area (Å²) in [5, 5.41) is 9.42. The molecule has 1 aliphatic rings. The van der Waals surface area contributed by atoms with Gasteiger partial charge in [0.25, 0.3) is 0 Å². The Morgan fingerprint density at radius 1 is 1.16 bits per heavy atom. The Balaban J connectivity index is 1.37. The number of Topliss-reactive ketones (excluding diaryl/α,β-unsaturated/α-hetero) is 1. The predicted octanol–water partition coefficient (Wildman–Crippen LogP) is 5.50. The Kier molecular flexibility index (Phi) is 9.96. The molecule has 1 saturated heterocycles. The number of nitrogens with one attached hydrogen (secondary N) is 3. The third-order valence-corrected chi connectivity index (χ3v) is 8.86. The molecule has 3 N–H and O–H groups in total. The summed E-state index contributed by atoms with van der Waals surface area (Å²) in [5.74, 6) is -0.263. The molecule has 3 amide bonds. The van der Waals surface area contributed by atoms with Crippen molar-refractivity contribution in [1.29, 1.82) is 0 Å². The summed E-state index contributed by atoms with van der Waals surface area (Å²) in [6.07, 6.45) is 4.64. The van der Waals surface area contributed by atoms with Crippen LogP contribution in [0.25, 0.3) is 10.9 Å². The molecule has 11 heteroatoms. The van der Waals surface area contributed by atoms with Gasteiger partial charge in [0.05, 0.1) is 12.3 Å². The van der Waals surface area contributed by atoms with Crippen LogP contribution in [0.2, 0.25) is 0 Å². The Labute approximate surface area is 261 Å². The van der Waals surface area contributed by atoms with Crippen LogP contribution in [0, 0.1) is 5.92 Å². The van der Waals surface area contributed by atoms with E-state index < -0.39 is 6.04 Å². The number of fused-ring (bicyclic) bond motifs is 1. The highest BCUT2D eigenvalue weighted by Gasteiger charge is 2.34. The van der Waals surface area contributed by atoms with Gasteiger partial charge in [0.2, 0.25) is 5.91 Å². The number of para-hydroxylation sites is 1. The van der Waals surface area contributed by atoms with Crippen LogP contribution in [-0.2, 0) is 11.3 Å². The minimum atomic E-state index is -0.886. The molecule has 4 aromatic rings. The fraction of sp³-hybridized carbons (Fsp3) is 0.394. The summed E-state index contributed by atoms with van der Waals surface area (Å²) in [7, 11) is 3.97. The van der Waals surface area contributed by atoms with Crippen molar-refractivity contribution in [3.8, 4) is 5.75 Å². The number of rotatable bonds is 11. The van der Waals surface area contributed by atoms with Crippen molar-refractivity contribution >= 4 is 45.6 Å². The van der Waals surface area contributed by atoms with Crippen LogP contribution in [0.4, 0.5) is 10.5 Å². The van der Waals surface area contributed by atoms with E-state index in [0.717, 1.165) is 22.0 Å². The van der Waals surface area contributed by atoms with Gasteiger partial charge in [-0.3, -0.25) is 9.59 Å². The number of carbonyl (C=O) groups is 3. The zero-order valence-corrected chi connectivity index (χ0v) is 26.4. The molecule has 0 radical (unpaired) electrons. The number of piperidine rings is 1. The van der Waals surface area contributed by atoms with Gasteiger partial charge in [0.15, 0.2) is 10.8 Å². The highest BCUT2D eigenvalue weighted by Crippen LogP contribution is 2.31. The van der Waals surface area contributed by atoms with Crippen molar-refractivity contribution in [1.82, 2.24) is 25.1 Å². The first-order valence-electron chi connectivity index (χ1n) is 15.0. The SMILES string of the molecule is CCOc1ccc(CN(C)C)cc1NC(=O)[C@H](NC(=O)N1CCC(C(=O)c2nccs2)CC1)[C@@H](C)c1c[nH]c2ccccc12. The number of nitrogens with zero attached hydrogens (tertiary/aromatic N) is 3. The molecule has 3 heterocycles. The molecule has 0 spiro atoms. The monoisotopic (exact) mass is 616 g/mol. The molecule has 0 unspecified atom stereocenters. The van der Waals surface area contributed by atoms with Crippen LogP contribution >= 0.6 is 11.3 Å². The lowest BCUT2D eigenvalue weighted by molar-refractivity contribution is -0.118. The number of aromatic amines is 1. The first-order chi connectivity index (χ1) is 21.2. The van der Waals surface area contributed by atoms with Gasteiger partial charge in [-0.2, -0.15) is 0 Å². The second kappa shape index (κ2) is 14.0. The first kappa shape index (κ1) is 31.2. The largest absolute Gasteiger partial charge is 0.492 e. The number of H-pyrrole nitrogens is 1. The van der Waals surface area contributed by atoms with E-state index in [1.54, 1.807) is 16.5 Å². The fourth-order valence-electron chi connectivity index (χ4n) is 5.79. The minimum Gasteiger partial charge on any atom is -0.492 e. The standard InChI is InChI=1S/C33H40N6O4S/c1-5-43-28-11-10-22(20-38(3)4)18-27(28)36-31(41)29(21(2)25-19-35-26-9-7-6-8-24(25)26)37-33(42)39-15-12-23(13-16-39)30(40)32-34-14-17-44-32/h6-11,14,17-19,21,23,29,35H,5,12-13,15-16,20H2,1-4H3,(H,36,41)(H,37,42)/t21-,29+/m0/s1. The lowest BCUT2D eigenvalue weighted by Crippen LogP contribution is -2.53. The van der Waals surface area contributed by atoms with E-state index in [-0.39, 0.29) is 29.6 Å². The topological polar surface area (TPSA) is 120 Å². The molecule has 232 valence electrons. The van der Waals surface area contributed by atoms with Crippen LogP contribution in [0.5, 0.6) is 5.75 Å². The van der Waals surface area contributed by atoms with E-state index in [4.69, 9.17) is 4.74 Å². The molecule has 2 aromatic heterocycles. The molecule has 1 fully saturated rings. The lowest BCUT2D eigenvalue weighted by Gasteiger charge is -2.33.